The third-order valence-electron chi connectivity index (χ3n) is 5.94. The van der Waals surface area contributed by atoms with Gasteiger partial charge in [0, 0.05) is 36.0 Å². The van der Waals surface area contributed by atoms with Crippen LogP contribution in [0.3, 0.4) is 0 Å². The van der Waals surface area contributed by atoms with E-state index in [9.17, 15) is 0 Å². The summed E-state index contributed by atoms with van der Waals surface area (Å²) in [6.07, 6.45) is 3.43. The van der Waals surface area contributed by atoms with Crippen molar-refractivity contribution in [1.82, 2.24) is 15.5 Å². The average Bonchev–Trinajstić information content (AvgIpc) is 3.27. The maximum Gasteiger partial charge on any atom is 0.191 e. The van der Waals surface area contributed by atoms with E-state index in [1.165, 1.54) is 29.8 Å². The summed E-state index contributed by atoms with van der Waals surface area (Å²) < 4.78 is 5.81. The molecule has 7 heteroatoms. The number of ether oxygens (including phenoxy) is 1. The Morgan fingerprint density at radius 2 is 2.10 bits per heavy atom. The summed E-state index contributed by atoms with van der Waals surface area (Å²) in [4.78, 5) is 9.00. The lowest BCUT2D eigenvalue weighted by molar-refractivity contribution is 0.128. The van der Waals surface area contributed by atoms with Crippen LogP contribution >= 0.6 is 35.3 Å². The number of nitrogens with one attached hydrogen (secondary N) is 2. The number of fused-ring (bicyclic) bond motifs is 1. The van der Waals surface area contributed by atoms with Crippen molar-refractivity contribution in [2.45, 2.75) is 38.3 Å². The Morgan fingerprint density at radius 3 is 2.90 bits per heavy atom. The number of piperidine rings is 1. The molecule has 2 aliphatic rings. The summed E-state index contributed by atoms with van der Waals surface area (Å²) in [5.41, 5.74) is 1.22. The number of guanidine groups is 1. The fourth-order valence-corrected chi connectivity index (χ4v) is 5.53. The molecule has 0 bridgehead atoms. The van der Waals surface area contributed by atoms with E-state index in [2.05, 4.69) is 65.2 Å². The van der Waals surface area contributed by atoms with Crippen LogP contribution in [-0.4, -0.2) is 44.1 Å². The Morgan fingerprint density at radius 1 is 1.23 bits per heavy atom. The number of benzene rings is 1. The van der Waals surface area contributed by atoms with E-state index in [-0.39, 0.29) is 30.0 Å². The molecule has 3 atom stereocenters. The highest BCUT2D eigenvalue weighted by Crippen LogP contribution is 2.37. The van der Waals surface area contributed by atoms with Crippen LogP contribution in [0.15, 0.2) is 46.8 Å². The molecule has 5 nitrogen and oxygen atoms in total. The van der Waals surface area contributed by atoms with Crippen LogP contribution in [0.4, 0.5) is 0 Å². The van der Waals surface area contributed by atoms with Crippen molar-refractivity contribution in [3.63, 3.8) is 0 Å². The number of rotatable bonds is 5. The largest absolute Gasteiger partial charge is 0.493 e. The standard InChI is InChI=1S/C23H32N4OS.HI/c1-3-24-23(26-19-12-14-28-20-10-5-4-9-18(19)20)25-16-17-8-6-13-27(2)22(17)21-11-7-15-29-21;/h4-5,7,9-11,15,17,19,22H,3,6,8,12-14,16H2,1-2H3,(H2,24,25,26);1H. The molecule has 0 amide bonds. The van der Waals surface area contributed by atoms with Crippen LogP contribution < -0.4 is 15.4 Å². The highest BCUT2D eigenvalue weighted by atomic mass is 127. The second-order valence-corrected chi connectivity index (χ2v) is 8.91. The van der Waals surface area contributed by atoms with Crippen molar-refractivity contribution >= 4 is 41.3 Å². The van der Waals surface area contributed by atoms with E-state index >= 15 is 0 Å². The lowest BCUT2D eigenvalue weighted by atomic mass is 9.88. The first-order valence-electron chi connectivity index (χ1n) is 10.8. The first-order valence-corrected chi connectivity index (χ1v) is 11.6. The molecule has 3 unspecified atom stereocenters. The normalized spacial score (nSPS) is 24.3. The highest BCUT2D eigenvalue weighted by molar-refractivity contribution is 14.0. The molecule has 4 rings (SSSR count). The number of nitrogens with zero attached hydrogens (tertiary/aromatic N) is 2. The molecule has 30 heavy (non-hydrogen) atoms. The minimum absolute atomic E-state index is 0. The van der Waals surface area contributed by atoms with Crippen LogP contribution in [0.5, 0.6) is 5.75 Å². The lowest BCUT2D eigenvalue weighted by Crippen LogP contribution is -2.42. The number of likely N-dealkylation sites (tertiary alicyclic amines) is 1. The van der Waals surface area contributed by atoms with Crippen molar-refractivity contribution in [2.75, 3.05) is 33.3 Å². The summed E-state index contributed by atoms with van der Waals surface area (Å²) in [5, 5.41) is 9.30. The first-order chi connectivity index (χ1) is 14.3. The van der Waals surface area contributed by atoms with Crippen molar-refractivity contribution in [2.24, 2.45) is 10.9 Å². The van der Waals surface area contributed by atoms with Gasteiger partial charge in [-0.3, -0.25) is 9.89 Å². The Kier molecular flexibility index (Phi) is 8.83. The van der Waals surface area contributed by atoms with E-state index in [0.717, 1.165) is 37.8 Å². The second kappa shape index (κ2) is 11.3. The predicted molar refractivity (Wildman–Crippen MR) is 136 cm³/mol. The molecule has 2 aliphatic heterocycles. The maximum absolute atomic E-state index is 5.81. The Hall–Kier alpha value is -1.32. The topological polar surface area (TPSA) is 48.9 Å². The summed E-state index contributed by atoms with van der Waals surface area (Å²) in [6.45, 7) is 5.72. The van der Waals surface area contributed by atoms with Gasteiger partial charge in [-0.15, -0.1) is 35.3 Å². The highest BCUT2D eigenvalue weighted by Gasteiger charge is 2.31. The maximum atomic E-state index is 5.81. The van der Waals surface area contributed by atoms with Gasteiger partial charge >= 0.3 is 0 Å². The van der Waals surface area contributed by atoms with E-state index < -0.39 is 0 Å². The molecule has 1 saturated heterocycles. The number of halogens is 1. The zero-order chi connectivity index (χ0) is 20.1. The second-order valence-electron chi connectivity index (χ2n) is 7.93. The molecular formula is C23H33IN4OS. The molecular weight excluding hydrogens is 507 g/mol. The van der Waals surface area contributed by atoms with Gasteiger partial charge in [0.25, 0.3) is 0 Å². The van der Waals surface area contributed by atoms with E-state index in [1.54, 1.807) is 0 Å². The molecule has 2 aromatic rings. The van der Waals surface area contributed by atoms with Crippen LogP contribution in [0.2, 0.25) is 0 Å². The summed E-state index contributed by atoms with van der Waals surface area (Å²) in [5.74, 6) is 2.44. The average molecular weight is 541 g/mol. The molecule has 3 heterocycles. The molecule has 1 aromatic carbocycles. The van der Waals surface area contributed by atoms with Gasteiger partial charge in [-0.1, -0.05) is 24.3 Å². The number of hydrogen-bond donors (Lipinski definition) is 2. The summed E-state index contributed by atoms with van der Waals surface area (Å²) >= 11 is 1.87. The molecule has 164 valence electrons. The zero-order valence-electron chi connectivity index (χ0n) is 17.8. The first kappa shape index (κ1) is 23.3. The molecule has 2 N–H and O–H groups in total. The fraction of sp³-hybridized carbons (Fsp3) is 0.522. The minimum atomic E-state index is 0. The van der Waals surface area contributed by atoms with Crippen LogP contribution in [0, 0.1) is 5.92 Å². The lowest BCUT2D eigenvalue weighted by Gasteiger charge is -2.38. The molecule has 0 aliphatic carbocycles. The number of thiophene rings is 1. The van der Waals surface area contributed by atoms with Gasteiger partial charge in [0.15, 0.2) is 5.96 Å². The zero-order valence-corrected chi connectivity index (χ0v) is 21.0. The Labute approximate surface area is 201 Å². The number of aliphatic imine (C=N–C) groups is 1. The smallest absolute Gasteiger partial charge is 0.191 e. The van der Waals surface area contributed by atoms with Gasteiger partial charge in [-0.25, -0.2) is 0 Å². The van der Waals surface area contributed by atoms with E-state index in [1.807, 2.05) is 17.4 Å². The summed E-state index contributed by atoms with van der Waals surface area (Å²) in [6, 6.07) is 13.5. The Balaban J connectivity index is 0.00000256. The van der Waals surface area contributed by atoms with Crippen LogP contribution in [0.25, 0.3) is 0 Å². The van der Waals surface area contributed by atoms with Gasteiger partial charge in [0.05, 0.1) is 12.6 Å². The van der Waals surface area contributed by atoms with Gasteiger partial charge in [-0.05, 0) is 56.8 Å². The quantitative estimate of drug-likeness (QED) is 0.324. The van der Waals surface area contributed by atoms with Crippen molar-refractivity contribution in [3.8, 4) is 5.75 Å². The predicted octanol–water partition coefficient (Wildman–Crippen LogP) is 4.83. The number of hydrogen-bond acceptors (Lipinski definition) is 4. The van der Waals surface area contributed by atoms with Gasteiger partial charge in [0.1, 0.15) is 5.75 Å². The van der Waals surface area contributed by atoms with Gasteiger partial charge in [0.2, 0.25) is 0 Å². The molecule has 0 spiro atoms. The fourth-order valence-electron chi connectivity index (χ4n) is 4.55. The van der Waals surface area contributed by atoms with E-state index in [0.29, 0.717) is 12.0 Å². The van der Waals surface area contributed by atoms with Crippen molar-refractivity contribution < 1.29 is 4.74 Å². The third-order valence-corrected chi connectivity index (χ3v) is 6.88. The van der Waals surface area contributed by atoms with Crippen LogP contribution in [-0.2, 0) is 0 Å². The molecule has 0 radical (unpaired) electrons. The van der Waals surface area contributed by atoms with Gasteiger partial charge in [-0.2, -0.15) is 0 Å². The van der Waals surface area contributed by atoms with Crippen molar-refractivity contribution in [3.05, 3.63) is 52.2 Å². The molecule has 1 aromatic heterocycles. The summed E-state index contributed by atoms with van der Waals surface area (Å²) in [7, 11) is 2.25. The van der Waals surface area contributed by atoms with E-state index in [4.69, 9.17) is 9.73 Å². The SMILES string of the molecule is CCNC(=NCC1CCCN(C)C1c1cccs1)NC1CCOc2ccccc21.I. The van der Waals surface area contributed by atoms with Crippen molar-refractivity contribution in [1.29, 1.82) is 0 Å². The minimum Gasteiger partial charge on any atom is -0.493 e. The Bertz CT molecular complexity index is 813. The monoisotopic (exact) mass is 540 g/mol. The van der Waals surface area contributed by atoms with Gasteiger partial charge < -0.3 is 15.4 Å². The molecule has 1 fully saturated rings. The molecule has 0 saturated carbocycles. The third kappa shape index (κ3) is 5.48. The number of para-hydroxylation sites is 1. The van der Waals surface area contributed by atoms with Crippen LogP contribution in [0.1, 0.15) is 48.7 Å².